The SMILES string of the molecule is Cc1ccc(C(=O)N2CCC(CC(N)=O)CC2)n1C(F)F. The molecule has 7 heteroatoms. The molecular formula is C14H19F2N3O2. The monoisotopic (exact) mass is 299 g/mol. The van der Waals surface area contributed by atoms with Gasteiger partial charge in [-0.25, -0.2) is 0 Å². The molecule has 1 fully saturated rings. The van der Waals surface area contributed by atoms with Crippen LogP contribution in [0.25, 0.3) is 0 Å². The van der Waals surface area contributed by atoms with E-state index in [-0.39, 0.29) is 23.4 Å². The van der Waals surface area contributed by atoms with Crippen molar-refractivity contribution in [3.8, 4) is 0 Å². The summed E-state index contributed by atoms with van der Waals surface area (Å²) >= 11 is 0. The van der Waals surface area contributed by atoms with E-state index in [0.29, 0.717) is 38.0 Å². The normalized spacial score (nSPS) is 16.5. The van der Waals surface area contributed by atoms with Crippen LogP contribution in [-0.4, -0.2) is 34.4 Å². The number of hydrogen-bond acceptors (Lipinski definition) is 2. The highest BCUT2D eigenvalue weighted by Gasteiger charge is 2.27. The number of nitrogens with two attached hydrogens (primary N) is 1. The maximum atomic E-state index is 13.0. The second-order valence-corrected chi connectivity index (χ2v) is 5.41. The second kappa shape index (κ2) is 6.24. The van der Waals surface area contributed by atoms with Crippen LogP contribution in [0.3, 0.4) is 0 Å². The predicted octanol–water partition coefficient (Wildman–Crippen LogP) is 1.92. The van der Waals surface area contributed by atoms with Crippen LogP contribution in [0.2, 0.25) is 0 Å². The van der Waals surface area contributed by atoms with Crippen molar-refractivity contribution >= 4 is 11.8 Å². The van der Waals surface area contributed by atoms with E-state index in [1.165, 1.54) is 12.1 Å². The van der Waals surface area contributed by atoms with E-state index in [1.54, 1.807) is 11.8 Å². The molecule has 2 amide bonds. The molecule has 1 aliphatic rings. The molecule has 0 saturated carbocycles. The number of halogens is 2. The molecule has 0 spiro atoms. The Bertz CT molecular complexity index is 534. The summed E-state index contributed by atoms with van der Waals surface area (Å²) in [6.07, 6.45) is 1.65. The molecule has 0 bridgehead atoms. The van der Waals surface area contributed by atoms with Gasteiger partial charge in [0, 0.05) is 25.2 Å². The molecular weight excluding hydrogens is 280 g/mol. The van der Waals surface area contributed by atoms with Gasteiger partial charge in [-0.1, -0.05) is 0 Å². The largest absolute Gasteiger partial charge is 0.370 e. The lowest BCUT2D eigenvalue weighted by atomic mass is 9.93. The number of amides is 2. The Hall–Kier alpha value is -1.92. The number of hydrogen-bond donors (Lipinski definition) is 1. The van der Waals surface area contributed by atoms with Crippen LogP contribution in [0.4, 0.5) is 8.78 Å². The minimum absolute atomic E-state index is 0.0100. The molecule has 116 valence electrons. The third kappa shape index (κ3) is 3.40. The van der Waals surface area contributed by atoms with Gasteiger partial charge in [-0.2, -0.15) is 8.78 Å². The first kappa shape index (κ1) is 15.5. The van der Waals surface area contributed by atoms with Gasteiger partial charge in [0.1, 0.15) is 5.69 Å². The van der Waals surface area contributed by atoms with Crippen LogP contribution in [0.15, 0.2) is 12.1 Å². The number of aryl methyl sites for hydroxylation is 1. The number of carbonyl (C=O) groups is 2. The second-order valence-electron chi connectivity index (χ2n) is 5.41. The molecule has 21 heavy (non-hydrogen) atoms. The smallest absolute Gasteiger partial charge is 0.319 e. The molecule has 1 aromatic rings. The van der Waals surface area contributed by atoms with Crippen LogP contribution >= 0.6 is 0 Å². The van der Waals surface area contributed by atoms with Crippen molar-refractivity contribution in [2.45, 2.75) is 32.7 Å². The van der Waals surface area contributed by atoms with Gasteiger partial charge in [0.05, 0.1) is 0 Å². The molecule has 0 aromatic carbocycles. The van der Waals surface area contributed by atoms with Crippen LogP contribution in [0, 0.1) is 12.8 Å². The van der Waals surface area contributed by atoms with E-state index in [1.807, 2.05) is 0 Å². The fourth-order valence-corrected chi connectivity index (χ4v) is 2.77. The molecule has 0 unspecified atom stereocenters. The van der Waals surface area contributed by atoms with Crippen molar-refractivity contribution in [3.63, 3.8) is 0 Å². The Balaban J connectivity index is 2.04. The molecule has 0 aliphatic carbocycles. The van der Waals surface area contributed by atoms with Gasteiger partial charge in [0.15, 0.2) is 0 Å². The van der Waals surface area contributed by atoms with E-state index in [2.05, 4.69) is 0 Å². The summed E-state index contributed by atoms with van der Waals surface area (Å²) < 4.78 is 26.7. The van der Waals surface area contributed by atoms with E-state index in [0.717, 1.165) is 4.57 Å². The van der Waals surface area contributed by atoms with Gasteiger partial charge in [-0.3, -0.25) is 14.2 Å². The van der Waals surface area contributed by atoms with Crippen molar-refractivity contribution < 1.29 is 18.4 Å². The van der Waals surface area contributed by atoms with Crippen molar-refractivity contribution in [1.29, 1.82) is 0 Å². The number of primary amides is 1. The first-order chi connectivity index (χ1) is 9.90. The fourth-order valence-electron chi connectivity index (χ4n) is 2.77. The average Bonchev–Trinajstić information content (AvgIpc) is 2.80. The molecule has 0 radical (unpaired) electrons. The predicted molar refractivity (Wildman–Crippen MR) is 72.9 cm³/mol. The Morgan fingerprint density at radius 3 is 2.48 bits per heavy atom. The van der Waals surface area contributed by atoms with Gasteiger partial charge in [0.25, 0.3) is 5.91 Å². The fraction of sp³-hybridized carbons (Fsp3) is 0.571. The number of piperidine rings is 1. The molecule has 1 saturated heterocycles. The van der Waals surface area contributed by atoms with Crippen molar-refractivity contribution in [2.24, 2.45) is 11.7 Å². The summed E-state index contributed by atoms with van der Waals surface area (Å²) in [6.45, 7) is -0.261. The van der Waals surface area contributed by atoms with Crippen molar-refractivity contribution in [3.05, 3.63) is 23.5 Å². The Labute approximate surface area is 121 Å². The highest BCUT2D eigenvalue weighted by molar-refractivity contribution is 5.93. The number of rotatable bonds is 4. The topological polar surface area (TPSA) is 68.3 Å². The van der Waals surface area contributed by atoms with E-state index >= 15 is 0 Å². The summed E-state index contributed by atoms with van der Waals surface area (Å²) in [5.41, 5.74) is 5.53. The number of likely N-dealkylation sites (tertiary alicyclic amines) is 1. The zero-order chi connectivity index (χ0) is 15.6. The summed E-state index contributed by atoms with van der Waals surface area (Å²) in [7, 11) is 0. The molecule has 5 nitrogen and oxygen atoms in total. The molecule has 1 aliphatic heterocycles. The van der Waals surface area contributed by atoms with Crippen LogP contribution in [-0.2, 0) is 4.79 Å². The quantitative estimate of drug-likeness (QED) is 0.923. The summed E-state index contributed by atoms with van der Waals surface area (Å²) in [4.78, 5) is 24.8. The van der Waals surface area contributed by atoms with Gasteiger partial charge >= 0.3 is 6.55 Å². The lowest BCUT2D eigenvalue weighted by Gasteiger charge is -2.31. The minimum Gasteiger partial charge on any atom is -0.370 e. The highest BCUT2D eigenvalue weighted by atomic mass is 19.3. The summed E-state index contributed by atoms with van der Waals surface area (Å²) in [5, 5.41) is 0. The Morgan fingerprint density at radius 1 is 1.33 bits per heavy atom. The molecule has 2 N–H and O–H groups in total. The van der Waals surface area contributed by atoms with E-state index in [9.17, 15) is 18.4 Å². The third-order valence-electron chi connectivity index (χ3n) is 3.93. The van der Waals surface area contributed by atoms with E-state index < -0.39 is 6.55 Å². The molecule has 2 heterocycles. The molecule has 1 aromatic heterocycles. The van der Waals surface area contributed by atoms with Gasteiger partial charge in [-0.05, 0) is 37.8 Å². The average molecular weight is 299 g/mol. The van der Waals surface area contributed by atoms with E-state index in [4.69, 9.17) is 5.73 Å². The van der Waals surface area contributed by atoms with Crippen LogP contribution in [0.5, 0.6) is 0 Å². The molecule has 0 atom stereocenters. The Kier molecular flexibility index (Phi) is 4.59. The summed E-state index contributed by atoms with van der Waals surface area (Å²) in [5.74, 6) is -0.557. The number of aromatic nitrogens is 1. The molecule has 2 rings (SSSR count). The van der Waals surface area contributed by atoms with Gasteiger partial charge < -0.3 is 10.6 Å². The van der Waals surface area contributed by atoms with Gasteiger partial charge in [-0.15, -0.1) is 0 Å². The lowest BCUT2D eigenvalue weighted by molar-refractivity contribution is -0.119. The zero-order valence-electron chi connectivity index (χ0n) is 11.9. The van der Waals surface area contributed by atoms with Crippen molar-refractivity contribution in [1.82, 2.24) is 9.47 Å². The maximum absolute atomic E-state index is 13.0. The lowest BCUT2D eigenvalue weighted by Crippen LogP contribution is -2.40. The van der Waals surface area contributed by atoms with Crippen LogP contribution < -0.4 is 5.73 Å². The summed E-state index contributed by atoms with van der Waals surface area (Å²) in [6, 6.07) is 2.94. The van der Waals surface area contributed by atoms with Crippen LogP contribution in [0.1, 0.15) is 42.0 Å². The zero-order valence-corrected chi connectivity index (χ0v) is 11.9. The first-order valence-corrected chi connectivity index (χ1v) is 6.93. The minimum atomic E-state index is -2.73. The van der Waals surface area contributed by atoms with Gasteiger partial charge in [0.2, 0.25) is 5.91 Å². The Morgan fingerprint density at radius 2 is 1.95 bits per heavy atom. The number of carbonyl (C=O) groups excluding carboxylic acids is 2. The number of nitrogens with zero attached hydrogens (tertiary/aromatic N) is 2. The third-order valence-corrected chi connectivity index (χ3v) is 3.93. The first-order valence-electron chi connectivity index (χ1n) is 6.93. The van der Waals surface area contributed by atoms with Crippen molar-refractivity contribution in [2.75, 3.05) is 13.1 Å². The maximum Gasteiger partial charge on any atom is 0.319 e. The standard InChI is InChI=1S/C14H19F2N3O2/c1-9-2-3-11(19(9)14(15)16)13(21)18-6-4-10(5-7-18)8-12(17)20/h2-3,10,14H,4-8H2,1H3,(H2,17,20). The highest BCUT2D eigenvalue weighted by Crippen LogP contribution is 2.24. The number of alkyl halides is 2.